The molecule has 0 atom stereocenters. The minimum Gasteiger partial charge on any atom is -0.326 e. The molecule has 0 unspecified atom stereocenters. The Labute approximate surface area is 93.7 Å². The van der Waals surface area contributed by atoms with E-state index < -0.39 is 0 Å². The molecule has 3 nitrogen and oxygen atoms in total. The van der Waals surface area contributed by atoms with Gasteiger partial charge in [0.2, 0.25) is 0 Å². The molecule has 2 rings (SSSR count). The van der Waals surface area contributed by atoms with Crippen molar-refractivity contribution in [1.82, 2.24) is 9.78 Å². The summed E-state index contributed by atoms with van der Waals surface area (Å²) >= 11 is 0. The number of aryl methyl sites for hydroxylation is 2. The van der Waals surface area contributed by atoms with Crippen LogP contribution in [0.15, 0.2) is 24.3 Å². The number of hydrogen-bond acceptors (Lipinski definition) is 2. The summed E-state index contributed by atoms with van der Waals surface area (Å²) in [5.74, 6) is -0.251. The van der Waals surface area contributed by atoms with Crippen LogP contribution in [0.4, 0.5) is 4.39 Å². The van der Waals surface area contributed by atoms with Crippen LogP contribution in [0.3, 0.4) is 0 Å². The molecule has 0 saturated heterocycles. The summed E-state index contributed by atoms with van der Waals surface area (Å²) in [6.07, 6.45) is 0. The van der Waals surface area contributed by atoms with Crippen LogP contribution < -0.4 is 5.73 Å². The zero-order valence-corrected chi connectivity index (χ0v) is 9.37. The molecule has 2 aromatic rings. The number of rotatable bonds is 2. The molecule has 0 amide bonds. The van der Waals surface area contributed by atoms with E-state index in [0.29, 0.717) is 6.54 Å². The molecule has 0 saturated carbocycles. The second-order valence-corrected chi connectivity index (χ2v) is 3.75. The highest BCUT2D eigenvalue weighted by Gasteiger charge is 2.13. The summed E-state index contributed by atoms with van der Waals surface area (Å²) in [6, 6.07) is 6.47. The van der Waals surface area contributed by atoms with E-state index in [1.165, 1.54) is 12.1 Å². The van der Waals surface area contributed by atoms with E-state index in [0.717, 1.165) is 22.5 Å². The largest absolute Gasteiger partial charge is 0.326 e. The molecule has 1 aromatic heterocycles. The van der Waals surface area contributed by atoms with Crippen molar-refractivity contribution in [2.75, 3.05) is 0 Å². The van der Waals surface area contributed by atoms with Crippen LogP contribution in [0, 0.1) is 12.7 Å². The highest BCUT2D eigenvalue weighted by molar-refractivity contribution is 5.64. The first-order chi connectivity index (χ1) is 7.63. The Balaban J connectivity index is 2.63. The van der Waals surface area contributed by atoms with Gasteiger partial charge in [0.25, 0.3) is 0 Å². The van der Waals surface area contributed by atoms with Crippen molar-refractivity contribution < 1.29 is 4.39 Å². The lowest BCUT2D eigenvalue weighted by Gasteiger charge is -2.05. The molecule has 84 valence electrons. The van der Waals surface area contributed by atoms with Crippen LogP contribution in [0.5, 0.6) is 0 Å². The third-order valence-corrected chi connectivity index (χ3v) is 2.65. The molecule has 0 aliphatic heterocycles. The number of halogens is 1. The SMILES string of the molecule is Cc1nn(C)c(-c2cccc(F)c2)c1CN. The molecule has 0 radical (unpaired) electrons. The Morgan fingerprint density at radius 2 is 2.19 bits per heavy atom. The van der Waals surface area contributed by atoms with Crippen molar-refractivity contribution in [3.8, 4) is 11.3 Å². The van der Waals surface area contributed by atoms with Gasteiger partial charge in [0.15, 0.2) is 0 Å². The summed E-state index contributed by atoms with van der Waals surface area (Å²) in [4.78, 5) is 0. The molecule has 0 aliphatic carbocycles. The maximum atomic E-state index is 13.2. The molecule has 1 aromatic carbocycles. The number of aromatic nitrogens is 2. The van der Waals surface area contributed by atoms with Crippen LogP contribution in [-0.2, 0) is 13.6 Å². The highest BCUT2D eigenvalue weighted by atomic mass is 19.1. The maximum absolute atomic E-state index is 13.2. The molecule has 0 aliphatic rings. The Kier molecular flexibility index (Phi) is 2.75. The van der Waals surface area contributed by atoms with Gasteiger partial charge in [-0.3, -0.25) is 4.68 Å². The van der Waals surface area contributed by atoms with E-state index in [9.17, 15) is 4.39 Å². The standard InChI is InChI=1S/C12H14FN3/c1-8-11(7-14)12(16(2)15-8)9-4-3-5-10(13)6-9/h3-6H,7,14H2,1-2H3. The number of hydrogen-bond donors (Lipinski definition) is 1. The number of nitrogens with zero attached hydrogens (tertiary/aromatic N) is 2. The Morgan fingerprint density at radius 3 is 2.81 bits per heavy atom. The van der Waals surface area contributed by atoms with Gasteiger partial charge in [-0.25, -0.2) is 4.39 Å². The average Bonchev–Trinajstić information content (AvgIpc) is 2.52. The fourth-order valence-electron chi connectivity index (χ4n) is 1.94. The fourth-order valence-corrected chi connectivity index (χ4v) is 1.94. The van der Waals surface area contributed by atoms with Crippen LogP contribution in [0.2, 0.25) is 0 Å². The first-order valence-corrected chi connectivity index (χ1v) is 5.12. The summed E-state index contributed by atoms with van der Waals surface area (Å²) < 4.78 is 14.9. The lowest BCUT2D eigenvalue weighted by molar-refractivity contribution is 0.628. The fraction of sp³-hybridized carbons (Fsp3) is 0.250. The molecule has 0 spiro atoms. The van der Waals surface area contributed by atoms with Crippen molar-refractivity contribution in [2.45, 2.75) is 13.5 Å². The van der Waals surface area contributed by atoms with E-state index in [1.807, 2.05) is 20.0 Å². The van der Waals surface area contributed by atoms with E-state index in [1.54, 1.807) is 10.7 Å². The van der Waals surface area contributed by atoms with Gasteiger partial charge < -0.3 is 5.73 Å². The van der Waals surface area contributed by atoms with Crippen molar-refractivity contribution in [3.63, 3.8) is 0 Å². The maximum Gasteiger partial charge on any atom is 0.123 e. The second-order valence-electron chi connectivity index (χ2n) is 3.75. The molecule has 0 fully saturated rings. The van der Waals surface area contributed by atoms with Gasteiger partial charge in [-0.05, 0) is 19.1 Å². The highest BCUT2D eigenvalue weighted by Crippen LogP contribution is 2.25. The Hall–Kier alpha value is -1.68. The van der Waals surface area contributed by atoms with Crippen molar-refractivity contribution in [2.24, 2.45) is 12.8 Å². The topological polar surface area (TPSA) is 43.8 Å². The van der Waals surface area contributed by atoms with E-state index >= 15 is 0 Å². The first kappa shape index (κ1) is 10.8. The predicted molar refractivity (Wildman–Crippen MR) is 61.2 cm³/mol. The predicted octanol–water partition coefficient (Wildman–Crippen LogP) is 1.99. The quantitative estimate of drug-likeness (QED) is 0.839. The van der Waals surface area contributed by atoms with Crippen LogP contribution >= 0.6 is 0 Å². The van der Waals surface area contributed by atoms with Crippen LogP contribution in [0.25, 0.3) is 11.3 Å². The van der Waals surface area contributed by atoms with Crippen LogP contribution in [-0.4, -0.2) is 9.78 Å². The molecule has 1 heterocycles. The Bertz CT molecular complexity index is 517. The van der Waals surface area contributed by atoms with Crippen LogP contribution in [0.1, 0.15) is 11.3 Å². The zero-order chi connectivity index (χ0) is 11.7. The molecule has 2 N–H and O–H groups in total. The van der Waals surface area contributed by atoms with Crippen molar-refractivity contribution in [1.29, 1.82) is 0 Å². The zero-order valence-electron chi connectivity index (χ0n) is 9.37. The molecular formula is C12H14FN3. The third kappa shape index (κ3) is 1.72. The van der Waals surface area contributed by atoms with Crippen molar-refractivity contribution in [3.05, 3.63) is 41.3 Å². The lowest BCUT2D eigenvalue weighted by atomic mass is 10.1. The minimum absolute atomic E-state index is 0.251. The van der Waals surface area contributed by atoms with Gasteiger partial charge in [0.1, 0.15) is 5.82 Å². The van der Waals surface area contributed by atoms with Gasteiger partial charge in [-0.15, -0.1) is 0 Å². The van der Waals surface area contributed by atoms with E-state index in [4.69, 9.17) is 5.73 Å². The normalized spacial score (nSPS) is 10.8. The van der Waals surface area contributed by atoms with Crippen molar-refractivity contribution >= 4 is 0 Å². The third-order valence-electron chi connectivity index (χ3n) is 2.65. The number of nitrogens with two attached hydrogens (primary N) is 1. The van der Waals surface area contributed by atoms with E-state index in [-0.39, 0.29) is 5.82 Å². The molecule has 16 heavy (non-hydrogen) atoms. The summed E-state index contributed by atoms with van der Waals surface area (Å²) in [7, 11) is 1.84. The smallest absolute Gasteiger partial charge is 0.123 e. The van der Waals surface area contributed by atoms with Gasteiger partial charge >= 0.3 is 0 Å². The Morgan fingerprint density at radius 1 is 1.44 bits per heavy atom. The summed E-state index contributed by atoms with van der Waals surface area (Å²) in [5, 5.41) is 4.30. The number of benzene rings is 1. The molecule has 4 heteroatoms. The minimum atomic E-state index is -0.251. The van der Waals surface area contributed by atoms with Gasteiger partial charge in [-0.1, -0.05) is 12.1 Å². The molecule has 0 bridgehead atoms. The lowest BCUT2D eigenvalue weighted by Crippen LogP contribution is -2.00. The average molecular weight is 219 g/mol. The van der Waals surface area contributed by atoms with Gasteiger partial charge in [-0.2, -0.15) is 5.10 Å². The summed E-state index contributed by atoms with van der Waals surface area (Å²) in [5.41, 5.74) is 9.25. The molecular weight excluding hydrogens is 205 g/mol. The second kappa shape index (κ2) is 4.06. The monoisotopic (exact) mass is 219 g/mol. The van der Waals surface area contributed by atoms with Gasteiger partial charge in [0.05, 0.1) is 11.4 Å². The van der Waals surface area contributed by atoms with E-state index in [2.05, 4.69) is 5.10 Å². The van der Waals surface area contributed by atoms with Gasteiger partial charge in [0, 0.05) is 24.7 Å². The summed E-state index contributed by atoms with van der Waals surface area (Å²) in [6.45, 7) is 2.32. The first-order valence-electron chi connectivity index (χ1n) is 5.12.